The average molecular weight is 476 g/mol. The molecule has 0 aliphatic carbocycles. The highest BCUT2D eigenvalue weighted by Crippen LogP contribution is 2.49. The van der Waals surface area contributed by atoms with E-state index in [1.165, 1.54) is 5.56 Å². The van der Waals surface area contributed by atoms with Crippen LogP contribution in [0, 0.1) is 13.8 Å². The summed E-state index contributed by atoms with van der Waals surface area (Å²) in [6.45, 7) is 5.36. The predicted octanol–water partition coefficient (Wildman–Crippen LogP) is 6.19. The molecule has 1 aromatic heterocycles. The summed E-state index contributed by atoms with van der Waals surface area (Å²) in [6, 6.07) is 30.1. The highest BCUT2D eigenvalue weighted by atomic mass is 31.2. The lowest BCUT2D eigenvalue weighted by atomic mass is 9.91. The molecule has 0 N–H and O–H groups in total. The Labute approximate surface area is 205 Å². The molecule has 0 amide bonds. The molecule has 1 aliphatic heterocycles. The van der Waals surface area contributed by atoms with Crippen LogP contribution in [-0.4, -0.2) is 4.98 Å². The molecular weight excluding hydrogens is 449 g/mol. The summed E-state index contributed by atoms with van der Waals surface area (Å²) in [4.78, 5) is 4.90. The molecule has 6 rings (SSSR count). The molecule has 0 atom stereocenters. The van der Waals surface area contributed by atoms with E-state index < -0.39 is 7.14 Å². The van der Waals surface area contributed by atoms with Crippen molar-refractivity contribution in [3.63, 3.8) is 0 Å². The van der Waals surface area contributed by atoms with Crippen molar-refractivity contribution in [2.24, 2.45) is 0 Å². The second kappa shape index (κ2) is 8.61. The first-order valence-electron chi connectivity index (χ1n) is 11.9. The first-order chi connectivity index (χ1) is 17.1. The summed E-state index contributed by atoms with van der Waals surface area (Å²) in [6.07, 6.45) is 1.86. The van der Waals surface area contributed by atoms with Crippen molar-refractivity contribution in [1.82, 2.24) is 4.98 Å². The van der Waals surface area contributed by atoms with Gasteiger partial charge in [0.15, 0.2) is 7.14 Å². The topological polar surface area (TPSA) is 39.2 Å². The number of aromatic nitrogens is 1. The van der Waals surface area contributed by atoms with E-state index in [1.807, 2.05) is 85.1 Å². The molecule has 0 saturated heterocycles. The van der Waals surface area contributed by atoms with E-state index >= 15 is 4.57 Å². The number of hydrogen-bond acceptors (Lipinski definition) is 3. The van der Waals surface area contributed by atoms with E-state index in [1.54, 1.807) is 0 Å². The quantitative estimate of drug-likeness (QED) is 0.291. The summed E-state index contributed by atoms with van der Waals surface area (Å²) in [5.41, 5.74) is 6.36. The fraction of sp³-hybridized carbons (Fsp3) is 0.129. The minimum atomic E-state index is -3.25. The number of benzene rings is 4. The molecule has 0 saturated carbocycles. The third-order valence-corrected chi connectivity index (χ3v) is 10.4. The van der Waals surface area contributed by atoms with E-state index in [2.05, 4.69) is 26.0 Å². The first-order valence-corrected chi connectivity index (χ1v) is 13.6. The third kappa shape index (κ3) is 3.38. The zero-order chi connectivity index (χ0) is 24.0. The van der Waals surface area contributed by atoms with Gasteiger partial charge in [-0.05, 0) is 47.6 Å². The van der Waals surface area contributed by atoms with Crippen molar-refractivity contribution in [3.05, 3.63) is 119 Å². The number of ether oxygens (including phenoxy) is 1. The minimum Gasteiger partial charge on any atom is -0.372 e. The van der Waals surface area contributed by atoms with Gasteiger partial charge in [-0.2, -0.15) is 0 Å². The zero-order valence-electron chi connectivity index (χ0n) is 19.9. The van der Waals surface area contributed by atoms with Crippen LogP contribution in [0.4, 0.5) is 0 Å². The SMILES string of the molecule is Cc1c2c(c(C)c(P(=O)(c3ccccc3)c3ccccc3)c1-c1nccc3ccccc13)COC2. The highest BCUT2D eigenvalue weighted by molar-refractivity contribution is 7.85. The van der Waals surface area contributed by atoms with Crippen LogP contribution in [0.3, 0.4) is 0 Å². The predicted molar refractivity (Wildman–Crippen MR) is 145 cm³/mol. The van der Waals surface area contributed by atoms with Gasteiger partial charge < -0.3 is 9.30 Å². The van der Waals surface area contributed by atoms with Crippen molar-refractivity contribution < 1.29 is 9.30 Å². The molecule has 0 unspecified atom stereocenters. The first kappa shape index (κ1) is 22.0. The minimum absolute atomic E-state index is 0.543. The molecule has 35 heavy (non-hydrogen) atoms. The van der Waals surface area contributed by atoms with Gasteiger partial charge in [0.1, 0.15) is 0 Å². The maximum atomic E-state index is 15.7. The van der Waals surface area contributed by atoms with Crippen LogP contribution in [-0.2, 0) is 22.5 Å². The molecule has 0 bridgehead atoms. The lowest BCUT2D eigenvalue weighted by Gasteiger charge is -2.28. The summed E-state index contributed by atoms with van der Waals surface area (Å²) < 4.78 is 21.6. The van der Waals surface area contributed by atoms with Crippen LogP contribution in [0.2, 0.25) is 0 Å². The van der Waals surface area contributed by atoms with Crippen LogP contribution in [0.25, 0.3) is 22.0 Å². The number of rotatable bonds is 4. The number of hydrogen-bond donors (Lipinski definition) is 0. The van der Waals surface area contributed by atoms with Gasteiger partial charge in [-0.25, -0.2) is 0 Å². The van der Waals surface area contributed by atoms with Crippen LogP contribution in [0.1, 0.15) is 22.3 Å². The largest absolute Gasteiger partial charge is 0.372 e. The number of pyridine rings is 1. The van der Waals surface area contributed by atoms with Crippen LogP contribution in [0.15, 0.2) is 97.2 Å². The second-order valence-corrected chi connectivity index (χ2v) is 11.8. The summed E-state index contributed by atoms with van der Waals surface area (Å²) in [5.74, 6) is 0. The lowest BCUT2D eigenvalue weighted by molar-refractivity contribution is 0.134. The Bertz CT molecular complexity index is 1560. The Morgan fingerprint density at radius 1 is 0.714 bits per heavy atom. The Hall–Kier alpha value is -3.52. The van der Waals surface area contributed by atoms with Crippen molar-refractivity contribution in [2.75, 3.05) is 0 Å². The Morgan fingerprint density at radius 3 is 1.94 bits per heavy atom. The van der Waals surface area contributed by atoms with Gasteiger partial charge in [0.05, 0.1) is 18.9 Å². The highest BCUT2D eigenvalue weighted by Gasteiger charge is 2.38. The van der Waals surface area contributed by atoms with Gasteiger partial charge in [0.2, 0.25) is 0 Å². The molecule has 0 spiro atoms. The maximum absolute atomic E-state index is 15.7. The van der Waals surface area contributed by atoms with Gasteiger partial charge in [0.25, 0.3) is 0 Å². The Balaban J connectivity index is 1.81. The third-order valence-electron chi connectivity index (χ3n) is 7.19. The van der Waals surface area contributed by atoms with Crippen molar-refractivity contribution in [1.29, 1.82) is 0 Å². The number of nitrogens with zero attached hydrogens (tertiary/aromatic N) is 1. The fourth-order valence-corrected chi connectivity index (χ4v) is 8.64. The Morgan fingerprint density at radius 2 is 1.29 bits per heavy atom. The van der Waals surface area contributed by atoms with Gasteiger partial charge in [-0.15, -0.1) is 0 Å². The van der Waals surface area contributed by atoms with E-state index in [9.17, 15) is 0 Å². The molecule has 5 aromatic rings. The van der Waals surface area contributed by atoms with Crippen molar-refractivity contribution >= 4 is 33.8 Å². The lowest BCUT2D eigenvalue weighted by Crippen LogP contribution is -2.30. The van der Waals surface area contributed by atoms with Crippen LogP contribution >= 0.6 is 7.14 Å². The standard InChI is InChI=1S/C31H26NO2P/c1-21-27-19-34-20-28(27)22(2)31(29(21)30-26-16-10-9-11-23(26)17-18-32-30)35(33,24-12-5-3-6-13-24)25-14-7-4-8-15-25/h3-18H,19-20H2,1-2H3. The van der Waals surface area contributed by atoms with Gasteiger partial charge in [-0.1, -0.05) is 84.9 Å². The van der Waals surface area contributed by atoms with Gasteiger partial charge in [-0.3, -0.25) is 4.98 Å². The molecule has 1 aliphatic rings. The Kier molecular flexibility index (Phi) is 5.40. The molecule has 4 heteroatoms. The van der Waals surface area contributed by atoms with E-state index in [-0.39, 0.29) is 0 Å². The van der Waals surface area contributed by atoms with Crippen LogP contribution < -0.4 is 15.9 Å². The van der Waals surface area contributed by atoms with Crippen molar-refractivity contribution in [3.8, 4) is 11.3 Å². The summed E-state index contributed by atoms with van der Waals surface area (Å²) in [7, 11) is -3.25. The second-order valence-electron chi connectivity index (χ2n) is 9.08. The zero-order valence-corrected chi connectivity index (χ0v) is 20.8. The maximum Gasteiger partial charge on any atom is 0.171 e. The average Bonchev–Trinajstić information content (AvgIpc) is 3.42. The van der Waals surface area contributed by atoms with Crippen LogP contribution in [0.5, 0.6) is 0 Å². The van der Waals surface area contributed by atoms with E-state index in [4.69, 9.17) is 9.72 Å². The smallest absolute Gasteiger partial charge is 0.171 e. The summed E-state index contributed by atoms with van der Waals surface area (Å²) in [5, 5.41) is 4.71. The molecule has 0 fully saturated rings. The summed E-state index contributed by atoms with van der Waals surface area (Å²) >= 11 is 0. The van der Waals surface area contributed by atoms with Gasteiger partial charge >= 0.3 is 0 Å². The number of fused-ring (bicyclic) bond motifs is 2. The normalized spacial score (nSPS) is 13.2. The van der Waals surface area contributed by atoms with E-state index in [0.29, 0.717) is 13.2 Å². The molecule has 172 valence electrons. The molecule has 3 nitrogen and oxygen atoms in total. The van der Waals surface area contributed by atoms with E-state index in [0.717, 1.165) is 54.6 Å². The molecular formula is C31H26NO2P. The molecule has 4 aromatic carbocycles. The van der Waals surface area contributed by atoms with Crippen molar-refractivity contribution in [2.45, 2.75) is 27.1 Å². The monoisotopic (exact) mass is 475 g/mol. The molecule has 2 heterocycles. The molecule has 0 radical (unpaired) electrons. The van der Waals surface area contributed by atoms with Gasteiger partial charge in [0, 0.05) is 33.1 Å². The fourth-order valence-electron chi connectivity index (χ4n) is 5.44.